The molecule has 0 unspecified atom stereocenters. The van der Waals surface area contributed by atoms with Crippen LogP contribution in [0.5, 0.6) is 5.75 Å². The lowest BCUT2D eigenvalue weighted by atomic mass is 10.2. The van der Waals surface area contributed by atoms with Gasteiger partial charge < -0.3 is 15.0 Å². The lowest BCUT2D eigenvalue weighted by molar-refractivity contribution is -0.117. The Balaban J connectivity index is 1.57. The Morgan fingerprint density at radius 3 is 2.21 bits per heavy atom. The first-order chi connectivity index (χ1) is 13.5. The zero-order chi connectivity index (χ0) is 20.1. The lowest BCUT2D eigenvalue weighted by Crippen LogP contribution is -2.34. The minimum absolute atomic E-state index is 0.0490. The quantitative estimate of drug-likeness (QED) is 0.764. The van der Waals surface area contributed by atoms with E-state index in [1.54, 1.807) is 45.5 Å². The van der Waals surface area contributed by atoms with Gasteiger partial charge in [-0.05, 0) is 54.8 Å². The van der Waals surface area contributed by atoms with Crippen molar-refractivity contribution in [2.24, 2.45) is 0 Å². The van der Waals surface area contributed by atoms with E-state index < -0.39 is 0 Å². The molecule has 0 aromatic heterocycles. The van der Waals surface area contributed by atoms with Crippen molar-refractivity contribution in [3.05, 3.63) is 59.7 Å². The Morgan fingerprint density at radius 2 is 1.68 bits per heavy atom. The Labute approximate surface area is 166 Å². The van der Waals surface area contributed by atoms with Crippen LogP contribution >= 0.6 is 0 Å². The standard InChI is InChI=1S/C22H27N3O3/c1-24(2)22(27)17-6-8-18(9-7-17)23-21(26)15-25(19-10-11-19)14-16-4-12-20(28-3)13-5-16/h4-9,12-13,19H,10-11,14-15H2,1-3H3,(H,23,26). The number of rotatable bonds is 8. The molecule has 3 rings (SSSR count). The molecule has 0 heterocycles. The van der Waals surface area contributed by atoms with Gasteiger partial charge in [0.25, 0.3) is 5.91 Å². The summed E-state index contributed by atoms with van der Waals surface area (Å²) in [6.45, 7) is 1.08. The smallest absolute Gasteiger partial charge is 0.253 e. The summed E-state index contributed by atoms with van der Waals surface area (Å²) in [5, 5.41) is 2.93. The molecule has 2 amide bonds. The van der Waals surface area contributed by atoms with Crippen molar-refractivity contribution >= 4 is 17.5 Å². The van der Waals surface area contributed by atoms with Crippen LogP contribution in [0.2, 0.25) is 0 Å². The molecule has 2 aromatic carbocycles. The van der Waals surface area contributed by atoms with E-state index in [0.717, 1.165) is 30.7 Å². The van der Waals surface area contributed by atoms with E-state index in [0.29, 0.717) is 23.8 Å². The van der Waals surface area contributed by atoms with Crippen LogP contribution in [0.3, 0.4) is 0 Å². The van der Waals surface area contributed by atoms with Crippen molar-refractivity contribution < 1.29 is 14.3 Å². The summed E-state index contributed by atoms with van der Waals surface area (Å²) in [5.74, 6) is 0.722. The van der Waals surface area contributed by atoms with E-state index in [9.17, 15) is 9.59 Å². The fourth-order valence-electron chi connectivity index (χ4n) is 3.06. The van der Waals surface area contributed by atoms with Crippen LogP contribution in [0.25, 0.3) is 0 Å². The number of carbonyl (C=O) groups excluding carboxylic acids is 2. The summed E-state index contributed by atoms with van der Waals surface area (Å²) in [4.78, 5) is 28.2. The molecule has 6 nitrogen and oxygen atoms in total. The minimum atomic E-state index is -0.0581. The van der Waals surface area contributed by atoms with Crippen molar-refractivity contribution in [1.29, 1.82) is 0 Å². The molecule has 1 aliphatic carbocycles. The number of hydrogen-bond acceptors (Lipinski definition) is 4. The van der Waals surface area contributed by atoms with Crippen LogP contribution in [0.4, 0.5) is 5.69 Å². The number of ether oxygens (including phenoxy) is 1. The highest BCUT2D eigenvalue weighted by Gasteiger charge is 2.30. The Hall–Kier alpha value is -2.86. The zero-order valence-corrected chi connectivity index (χ0v) is 16.6. The van der Waals surface area contributed by atoms with Crippen LogP contribution in [0.1, 0.15) is 28.8 Å². The van der Waals surface area contributed by atoms with Gasteiger partial charge in [0, 0.05) is 37.9 Å². The number of hydrogen-bond donors (Lipinski definition) is 1. The first-order valence-electron chi connectivity index (χ1n) is 9.45. The number of nitrogens with zero attached hydrogens (tertiary/aromatic N) is 2. The molecule has 6 heteroatoms. The highest BCUT2D eigenvalue weighted by atomic mass is 16.5. The van der Waals surface area contributed by atoms with E-state index in [1.165, 1.54) is 4.90 Å². The SMILES string of the molecule is COc1ccc(CN(CC(=O)Nc2ccc(C(=O)N(C)C)cc2)C2CC2)cc1. The molecule has 0 spiro atoms. The second-order valence-corrected chi connectivity index (χ2v) is 7.31. The topological polar surface area (TPSA) is 61.9 Å². The van der Waals surface area contributed by atoms with Gasteiger partial charge >= 0.3 is 0 Å². The minimum Gasteiger partial charge on any atom is -0.497 e. The maximum Gasteiger partial charge on any atom is 0.253 e. The molecule has 28 heavy (non-hydrogen) atoms. The molecule has 1 fully saturated rings. The van der Waals surface area contributed by atoms with Crippen LogP contribution in [0, 0.1) is 0 Å². The number of benzene rings is 2. The second-order valence-electron chi connectivity index (χ2n) is 7.31. The summed E-state index contributed by atoms with van der Waals surface area (Å²) in [7, 11) is 5.08. The van der Waals surface area contributed by atoms with E-state index in [4.69, 9.17) is 4.74 Å². The van der Waals surface area contributed by atoms with Gasteiger partial charge in [0.05, 0.1) is 13.7 Å². The van der Waals surface area contributed by atoms with Gasteiger partial charge in [-0.2, -0.15) is 0 Å². The largest absolute Gasteiger partial charge is 0.497 e. The summed E-state index contributed by atoms with van der Waals surface area (Å²) < 4.78 is 5.20. The molecule has 0 radical (unpaired) electrons. The van der Waals surface area contributed by atoms with Gasteiger partial charge in [0.2, 0.25) is 5.91 Å². The molecule has 1 aliphatic rings. The Bertz CT molecular complexity index is 812. The molecular weight excluding hydrogens is 354 g/mol. The summed E-state index contributed by atoms with van der Waals surface area (Å²) in [5.41, 5.74) is 2.45. The molecule has 148 valence electrons. The molecule has 0 atom stereocenters. The van der Waals surface area contributed by atoms with Crippen molar-refractivity contribution in [2.75, 3.05) is 33.1 Å². The van der Waals surface area contributed by atoms with E-state index >= 15 is 0 Å². The monoisotopic (exact) mass is 381 g/mol. The predicted molar refractivity (Wildman–Crippen MR) is 110 cm³/mol. The molecule has 0 saturated heterocycles. The fraction of sp³-hybridized carbons (Fsp3) is 0.364. The van der Waals surface area contributed by atoms with Gasteiger partial charge in [-0.25, -0.2) is 0 Å². The van der Waals surface area contributed by atoms with Gasteiger partial charge in [0.15, 0.2) is 0 Å². The number of nitrogens with one attached hydrogen (secondary N) is 1. The number of anilines is 1. The van der Waals surface area contributed by atoms with Gasteiger partial charge in [-0.3, -0.25) is 14.5 Å². The Kier molecular flexibility index (Phi) is 6.31. The fourth-order valence-corrected chi connectivity index (χ4v) is 3.06. The molecule has 1 saturated carbocycles. The second kappa shape index (κ2) is 8.89. The van der Waals surface area contributed by atoms with E-state index in [2.05, 4.69) is 10.2 Å². The van der Waals surface area contributed by atoms with Crippen LogP contribution in [-0.4, -0.2) is 55.4 Å². The summed E-state index contributed by atoms with van der Waals surface area (Å²) in [6, 6.07) is 15.4. The third kappa shape index (κ3) is 5.33. The predicted octanol–water partition coefficient (Wildman–Crippen LogP) is 3.00. The van der Waals surface area contributed by atoms with E-state index in [-0.39, 0.29) is 11.8 Å². The van der Waals surface area contributed by atoms with Crippen molar-refractivity contribution in [3.63, 3.8) is 0 Å². The highest BCUT2D eigenvalue weighted by molar-refractivity contribution is 5.96. The zero-order valence-electron chi connectivity index (χ0n) is 16.6. The van der Waals surface area contributed by atoms with Gasteiger partial charge in [0.1, 0.15) is 5.75 Å². The number of methoxy groups -OCH3 is 1. The summed E-state index contributed by atoms with van der Waals surface area (Å²) in [6.07, 6.45) is 2.26. The van der Waals surface area contributed by atoms with Gasteiger partial charge in [-0.15, -0.1) is 0 Å². The lowest BCUT2D eigenvalue weighted by Gasteiger charge is -2.21. The number of amides is 2. The van der Waals surface area contributed by atoms with Crippen molar-refractivity contribution in [2.45, 2.75) is 25.4 Å². The maximum atomic E-state index is 12.5. The average Bonchev–Trinajstić information content (AvgIpc) is 3.53. The molecule has 0 aliphatic heterocycles. The first kappa shape index (κ1) is 19.9. The third-order valence-corrected chi connectivity index (χ3v) is 4.78. The first-order valence-corrected chi connectivity index (χ1v) is 9.45. The molecule has 1 N–H and O–H groups in total. The third-order valence-electron chi connectivity index (χ3n) is 4.78. The molecule has 2 aromatic rings. The van der Waals surface area contributed by atoms with Crippen molar-refractivity contribution in [1.82, 2.24) is 9.80 Å². The maximum absolute atomic E-state index is 12.5. The summed E-state index contributed by atoms with van der Waals surface area (Å²) >= 11 is 0. The number of carbonyl (C=O) groups is 2. The Morgan fingerprint density at radius 1 is 1.04 bits per heavy atom. The molecular formula is C22H27N3O3. The van der Waals surface area contributed by atoms with Gasteiger partial charge in [-0.1, -0.05) is 12.1 Å². The molecule has 0 bridgehead atoms. The van der Waals surface area contributed by atoms with Crippen LogP contribution in [-0.2, 0) is 11.3 Å². The average molecular weight is 381 g/mol. The van der Waals surface area contributed by atoms with Crippen molar-refractivity contribution in [3.8, 4) is 5.75 Å². The van der Waals surface area contributed by atoms with E-state index in [1.807, 2.05) is 24.3 Å². The van der Waals surface area contributed by atoms with Crippen LogP contribution < -0.4 is 10.1 Å². The normalized spacial score (nSPS) is 13.3. The highest BCUT2D eigenvalue weighted by Crippen LogP contribution is 2.28. The van der Waals surface area contributed by atoms with Crippen LogP contribution in [0.15, 0.2) is 48.5 Å².